The number of halogens is 1. The molecule has 0 aliphatic carbocycles. The largest absolute Gasteiger partial charge is 0.283 e. The Morgan fingerprint density at radius 1 is 1.19 bits per heavy atom. The Labute approximate surface area is 112 Å². The molecule has 0 aliphatic rings. The van der Waals surface area contributed by atoms with Crippen LogP contribution in [0, 0.1) is 0 Å². The monoisotopic (exact) mass is 339 g/mol. The van der Waals surface area contributed by atoms with E-state index in [4.69, 9.17) is 0 Å². The van der Waals surface area contributed by atoms with Gasteiger partial charge in [-0.1, -0.05) is 15.9 Å². The van der Waals surface area contributed by atoms with Crippen molar-refractivity contribution in [3.63, 3.8) is 0 Å². The Morgan fingerprint density at radius 2 is 1.69 bits per heavy atom. The Balaban J connectivity index is 3.12. The van der Waals surface area contributed by atoms with E-state index in [-0.39, 0.29) is 4.90 Å². The van der Waals surface area contributed by atoms with E-state index in [0.29, 0.717) is 4.38 Å². The topological polar surface area (TPSA) is 46.5 Å². The lowest BCUT2D eigenvalue weighted by atomic mass is 10.4. The van der Waals surface area contributed by atoms with Crippen molar-refractivity contribution >= 4 is 53.9 Å². The number of rotatable bonds is 2. The van der Waals surface area contributed by atoms with Crippen LogP contribution in [0.15, 0.2) is 38.0 Å². The predicted octanol–water partition coefficient (Wildman–Crippen LogP) is 3.22. The summed E-state index contributed by atoms with van der Waals surface area (Å²) in [6.45, 7) is 0. The van der Waals surface area contributed by atoms with E-state index >= 15 is 0 Å². The Kier molecular flexibility index (Phi) is 5.36. The van der Waals surface area contributed by atoms with Crippen LogP contribution in [0.25, 0.3) is 0 Å². The maximum Gasteiger partial charge on any atom is 0.283 e. The molecule has 0 radical (unpaired) electrons. The quantitative estimate of drug-likeness (QED) is 0.613. The van der Waals surface area contributed by atoms with E-state index in [2.05, 4.69) is 20.3 Å². The minimum atomic E-state index is -3.57. The molecule has 0 fully saturated rings. The van der Waals surface area contributed by atoms with Gasteiger partial charge in [0.25, 0.3) is 10.0 Å². The highest BCUT2D eigenvalue weighted by Crippen LogP contribution is 2.20. The molecule has 0 atom stereocenters. The summed E-state index contributed by atoms with van der Waals surface area (Å²) in [6, 6.07) is 6.42. The summed E-state index contributed by atoms with van der Waals surface area (Å²) in [4.78, 5) is 0.205. The lowest BCUT2D eigenvalue weighted by molar-refractivity contribution is 0.598. The second kappa shape index (κ2) is 6.09. The first-order valence-electron chi connectivity index (χ1n) is 4.18. The molecule has 0 N–H and O–H groups in total. The van der Waals surface area contributed by atoms with Gasteiger partial charge in [0.05, 0.1) is 4.90 Å². The van der Waals surface area contributed by atoms with Gasteiger partial charge in [-0.2, -0.15) is 8.42 Å². The fourth-order valence-corrected chi connectivity index (χ4v) is 3.81. The molecule has 1 aromatic carbocycles. The van der Waals surface area contributed by atoms with Crippen LogP contribution in [0.2, 0.25) is 0 Å². The lowest BCUT2D eigenvalue weighted by Crippen LogP contribution is -1.99. The predicted molar refractivity (Wildman–Crippen MR) is 75.8 cm³/mol. The smallest absolute Gasteiger partial charge is 0.199 e. The first-order valence-corrected chi connectivity index (χ1v) is 8.86. The van der Waals surface area contributed by atoms with Crippen LogP contribution < -0.4 is 0 Å². The molecule has 3 nitrogen and oxygen atoms in total. The van der Waals surface area contributed by atoms with Crippen molar-refractivity contribution in [2.75, 3.05) is 12.5 Å². The third-order valence-electron chi connectivity index (χ3n) is 1.66. The van der Waals surface area contributed by atoms with Gasteiger partial charge in [-0.25, -0.2) is 0 Å². The fourth-order valence-electron chi connectivity index (χ4n) is 0.915. The van der Waals surface area contributed by atoms with Crippen molar-refractivity contribution in [3.8, 4) is 0 Å². The highest BCUT2D eigenvalue weighted by atomic mass is 79.9. The molecule has 0 spiro atoms. The van der Waals surface area contributed by atoms with Crippen molar-refractivity contribution in [3.05, 3.63) is 28.7 Å². The number of hydrogen-bond donors (Lipinski definition) is 0. The lowest BCUT2D eigenvalue weighted by Gasteiger charge is -2.01. The van der Waals surface area contributed by atoms with Crippen LogP contribution in [0.1, 0.15) is 0 Å². The Morgan fingerprint density at radius 3 is 2.12 bits per heavy atom. The van der Waals surface area contributed by atoms with Crippen molar-refractivity contribution in [1.82, 2.24) is 0 Å². The van der Waals surface area contributed by atoms with Gasteiger partial charge in [0.2, 0.25) is 0 Å². The van der Waals surface area contributed by atoms with Crippen molar-refractivity contribution in [2.45, 2.75) is 4.90 Å². The fraction of sp³-hybridized carbons (Fsp3) is 0.222. The number of nitrogens with zero attached hydrogens (tertiary/aromatic N) is 1. The molecule has 0 heterocycles. The first kappa shape index (κ1) is 14.1. The van der Waals surface area contributed by atoms with Gasteiger partial charge in [-0.15, -0.1) is 27.9 Å². The Bertz CT molecular complexity index is 476. The van der Waals surface area contributed by atoms with Crippen molar-refractivity contribution in [2.24, 2.45) is 4.40 Å². The van der Waals surface area contributed by atoms with E-state index in [1.54, 1.807) is 24.6 Å². The van der Waals surface area contributed by atoms with Crippen LogP contribution >= 0.6 is 39.5 Å². The van der Waals surface area contributed by atoms with E-state index in [1.807, 2.05) is 0 Å². The molecular formula is C9H10BrNO2S3. The Hall–Kier alpha value is 0.0200. The number of benzene rings is 1. The molecule has 0 unspecified atom stereocenters. The molecule has 0 aliphatic heterocycles. The third-order valence-corrected chi connectivity index (χ3v) is 5.59. The molecular weight excluding hydrogens is 330 g/mol. The summed E-state index contributed by atoms with van der Waals surface area (Å²) in [5.41, 5.74) is 0. The standard InChI is InChI=1S/C9H10BrNO2S3/c1-14-9(15-2)11-16(12,13)8-5-3-7(10)4-6-8/h3-6H,1-2H3. The summed E-state index contributed by atoms with van der Waals surface area (Å²) < 4.78 is 28.8. The average molecular weight is 340 g/mol. The highest BCUT2D eigenvalue weighted by molar-refractivity contribution is 9.10. The second-order valence-electron chi connectivity index (χ2n) is 2.69. The maximum absolute atomic E-state index is 11.8. The van der Waals surface area contributed by atoms with Crippen LogP contribution in [0.4, 0.5) is 0 Å². The minimum absolute atomic E-state index is 0.205. The molecule has 1 rings (SSSR count). The summed E-state index contributed by atoms with van der Waals surface area (Å²) in [6.07, 6.45) is 3.60. The van der Waals surface area contributed by atoms with E-state index in [0.717, 1.165) is 4.47 Å². The molecule has 0 saturated carbocycles. The zero-order valence-electron chi connectivity index (χ0n) is 8.68. The number of hydrogen-bond acceptors (Lipinski definition) is 4. The normalized spacial score (nSPS) is 11.2. The van der Waals surface area contributed by atoms with Gasteiger partial charge in [0, 0.05) is 4.47 Å². The van der Waals surface area contributed by atoms with Gasteiger partial charge in [-0.05, 0) is 36.8 Å². The van der Waals surface area contributed by atoms with Crippen molar-refractivity contribution in [1.29, 1.82) is 0 Å². The maximum atomic E-state index is 11.8. The van der Waals surface area contributed by atoms with E-state index < -0.39 is 10.0 Å². The molecule has 0 saturated heterocycles. The van der Waals surface area contributed by atoms with Gasteiger partial charge in [-0.3, -0.25) is 0 Å². The van der Waals surface area contributed by atoms with Crippen LogP contribution in [0.5, 0.6) is 0 Å². The minimum Gasteiger partial charge on any atom is -0.199 e. The average Bonchev–Trinajstić information content (AvgIpc) is 2.26. The molecule has 0 aromatic heterocycles. The summed E-state index contributed by atoms with van der Waals surface area (Å²) >= 11 is 5.89. The second-order valence-corrected chi connectivity index (χ2v) is 7.06. The van der Waals surface area contributed by atoms with E-state index in [9.17, 15) is 8.42 Å². The summed E-state index contributed by atoms with van der Waals surface area (Å²) in [5, 5.41) is 0. The SMILES string of the molecule is CSC(=NS(=O)(=O)c1ccc(Br)cc1)SC. The molecule has 7 heteroatoms. The molecule has 0 bridgehead atoms. The van der Waals surface area contributed by atoms with Gasteiger partial charge < -0.3 is 0 Å². The van der Waals surface area contributed by atoms with Crippen LogP contribution in [0.3, 0.4) is 0 Å². The van der Waals surface area contributed by atoms with Crippen molar-refractivity contribution < 1.29 is 8.42 Å². The molecule has 16 heavy (non-hydrogen) atoms. The van der Waals surface area contributed by atoms with Crippen LogP contribution in [-0.4, -0.2) is 25.3 Å². The van der Waals surface area contributed by atoms with E-state index in [1.165, 1.54) is 35.7 Å². The summed E-state index contributed by atoms with van der Waals surface area (Å²) in [5.74, 6) is 0. The number of thioether (sulfide) groups is 2. The van der Waals surface area contributed by atoms with Gasteiger partial charge >= 0.3 is 0 Å². The zero-order chi connectivity index (χ0) is 12.2. The highest BCUT2D eigenvalue weighted by Gasteiger charge is 2.13. The summed E-state index contributed by atoms with van der Waals surface area (Å²) in [7, 11) is -3.57. The number of sulfonamides is 1. The van der Waals surface area contributed by atoms with Crippen LogP contribution in [-0.2, 0) is 10.0 Å². The molecule has 1 aromatic rings. The molecule has 88 valence electrons. The molecule has 0 amide bonds. The third kappa shape index (κ3) is 3.80. The first-order chi connectivity index (χ1) is 7.49. The van der Waals surface area contributed by atoms with Gasteiger partial charge in [0.15, 0.2) is 0 Å². The zero-order valence-corrected chi connectivity index (χ0v) is 12.7. The van der Waals surface area contributed by atoms with Gasteiger partial charge in [0.1, 0.15) is 4.38 Å².